The van der Waals surface area contributed by atoms with E-state index in [1.807, 2.05) is 38.1 Å². The van der Waals surface area contributed by atoms with Crippen molar-refractivity contribution in [3.8, 4) is 17.3 Å². The molecular weight excluding hydrogens is 531 g/mol. The second-order valence-electron chi connectivity index (χ2n) is 9.81. The molecule has 0 amide bonds. The monoisotopic (exact) mass is 558 g/mol. The predicted octanol–water partition coefficient (Wildman–Crippen LogP) is 5.90. The van der Waals surface area contributed by atoms with Crippen molar-refractivity contribution in [2.45, 2.75) is 38.4 Å². The zero-order valence-electron chi connectivity index (χ0n) is 21.9. The number of fused-ring (bicyclic) bond motifs is 1. The molecule has 4 N–H and O–H groups in total. The van der Waals surface area contributed by atoms with Crippen molar-refractivity contribution >= 4 is 29.6 Å². The summed E-state index contributed by atoms with van der Waals surface area (Å²) in [5.74, 6) is 1.18. The van der Waals surface area contributed by atoms with Gasteiger partial charge in [-0.05, 0) is 86.0 Å². The third kappa shape index (κ3) is 5.07. The molecule has 0 radical (unpaired) electrons. The molecule has 2 aliphatic rings. The van der Waals surface area contributed by atoms with Crippen LogP contribution >= 0.6 is 11.9 Å². The van der Waals surface area contributed by atoms with E-state index in [1.165, 1.54) is 10.9 Å². The van der Waals surface area contributed by atoms with E-state index in [-0.39, 0.29) is 22.9 Å². The highest BCUT2D eigenvalue weighted by Gasteiger charge is 2.26. The number of ether oxygens (including phenoxy) is 1. The van der Waals surface area contributed by atoms with E-state index < -0.39 is 0 Å². The molecule has 6 rings (SSSR count). The minimum atomic E-state index is -0.303. The van der Waals surface area contributed by atoms with Gasteiger partial charge in [0.15, 0.2) is 5.76 Å². The fraction of sp³-hybridized carbons (Fsp3) is 0.207. The lowest BCUT2D eigenvalue weighted by Gasteiger charge is -2.11. The number of carbonyl (C=O) groups is 1. The standard InChI is InChI=1S/C29H27FN6O3S/c1-16-5-3-4-6-25(16)38-27-11-17(2)24(15-32-27)36-29(31)20(14-33-36)28(37)23-12-18-7-10-26(39-30)22(13-21(18)34-23)35-40-19-8-9-19/h3-6,10-15,19,34-35H,7-9,31H2,1-2H3. The van der Waals surface area contributed by atoms with E-state index in [4.69, 9.17) is 10.5 Å². The third-order valence-corrected chi connectivity index (χ3v) is 7.97. The number of aromatic amines is 1. The summed E-state index contributed by atoms with van der Waals surface area (Å²) in [6, 6.07) is 11.2. The van der Waals surface area contributed by atoms with Crippen molar-refractivity contribution in [2.75, 3.05) is 5.73 Å². The molecule has 3 aromatic heterocycles. The Hall–Kier alpha value is -4.51. The van der Waals surface area contributed by atoms with E-state index in [0.717, 1.165) is 35.3 Å². The first kappa shape index (κ1) is 25.8. The Labute approximate surface area is 234 Å². The van der Waals surface area contributed by atoms with Gasteiger partial charge in [-0.1, -0.05) is 18.2 Å². The number of nitrogens with two attached hydrogens (primary N) is 1. The smallest absolute Gasteiger partial charge is 0.219 e. The highest BCUT2D eigenvalue weighted by atomic mass is 32.2. The van der Waals surface area contributed by atoms with Crippen LogP contribution in [0.15, 0.2) is 66.3 Å². The molecule has 3 heterocycles. The van der Waals surface area contributed by atoms with E-state index in [0.29, 0.717) is 40.3 Å². The molecule has 0 aliphatic heterocycles. The van der Waals surface area contributed by atoms with Crippen molar-refractivity contribution in [1.29, 1.82) is 0 Å². The molecule has 40 heavy (non-hydrogen) atoms. The average molecular weight is 559 g/mol. The summed E-state index contributed by atoms with van der Waals surface area (Å²) >= 11 is 1.54. The SMILES string of the molecule is Cc1ccccc1Oc1cc(C)c(-n2ncc(C(=O)c3cc4c([nH]3)C=C(NSC3CC3)C(OF)=CC4)c2N)cn1. The van der Waals surface area contributed by atoms with Gasteiger partial charge in [0, 0.05) is 21.5 Å². The maximum Gasteiger partial charge on any atom is 0.219 e. The first-order valence-corrected chi connectivity index (χ1v) is 13.7. The van der Waals surface area contributed by atoms with Crippen molar-refractivity contribution in [3.63, 3.8) is 0 Å². The number of hydrogen-bond donors (Lipinski definition) is 3. The molecule has 4 aromatic rings. The van der Waals surface area contributed by atoms with Gasteiger partial charge in [0.25, 0.3) is 0 Å². The van der Waals surface area contributed by atoms with Crippen LogP contribution in [0, 0.1) is 13.8 Å². The summed E-state index contributed by atoms with van der Waals surface area (Å²) < 4.78 is 23.8. The Kier molecular flexibility index (Phi) is 6.81. The van der Waals surface area contributed by atoms with Crippen molar-refractivity contribution in [1.82, 2.24) is 24.5 Å². The second kappa shape index (κ2) is 10.6. The first-order chi connectivity index (χ1) is 19.4. The fourth-order valence-electron chi connectivity index (χ4n) is 4.40. The van der Waals surface area contributed by atoms with Crippen LogP contribution in [0.1, 0.15) is 51.3 Å². The molecule has 11 heteroatoms. The first-order valence-electron chi connectivity index (χ1n) is 12.8. The number of ketones is 1. The molecule has 204 valence electrons. The molecular formula is C29H27FN6O3S. The molecule has 1 aromatic carbocycles. The number of hydrogen-bond acceptors (Lipinski definition) is 8. The van der Waals surface area contributed by atoms with Crippen molar-refractivity contribution in [2.24, 2.45) is 0 Å². The van der Waals surface area contributed by atoms with E-state index in [9.17, 15) is 9.32 Å². The van der Waals surface area contributed by atoms with Gasteiger partial charge in [0.1, 0.15) is 11.6 Å². The Balaban J connectivity index is 1.24. The number of nitrogen functional groups attached to an aromatic ring is 1. The number of H-pyrrole nitrogens is 1. The number of allylic oxidation sites excluding steroid dienone is 1. The zero-order valence-corrected chi connectivity index (χ0v) is 22.7. The molecule has 9 nitrogen and oxygen atoms in total. The van der Waals surface area contributed by atoms with Crippen LogP contribution in [0.3, 0.4) is 0 Å². The lowest BCUT2D eigenvalue weighted by Crippen LogP contribution is -2.09. The van der Waals surface area contributed by atoms with Gasteiger partial charge in [-0.15, -0.1) is 0 Å². The molecule has 0 spiro atoms. The fourth-order valence-corrected chi connectivity index (χ4v) is 5.23. The van der Waals surface area contributed by atoms with Crippen LogP contribution in [0.25, 0.3) is 11.8 Å². The third-order valence-electron chi connectivity index (χ3n) is 6.83. The number of halogens is 1. The number of para-hydroxylation sites is 1. The van der Waals surface area contributed by atoms with Crippen LogP contribution in [-0.4, -0.2) is 30.8 Å². The van der Waals surface area contributed by atoms with Gasteiger partial charge < -0.3 is 20.2 Å². The molecule has 1 saturated carbocycles. The number of nitrogens with one attached hydrogen (secondary N) is 2. The lowest BCUT2D eigenvalue weighted by atomic mass is 10.1. The molecule has 2 aliphatic carbocycles. The van der Waals surface area contributed by atoms with Gasteiger partial charge >= 0.3 is 0 Å². The van der Waals surface area contributed by atoms with Gasteiger partial charge in [0.05, 0.1) is 35.0 Å². The topological polar surface area (TPSA) is 120 Å². The maximum atomic E-state index is 13.5. The van der Waals surface area contributed by atoms with E-state index in [1.54, 1.807) is 42.4 Å². The minimum absolute atomic E-state index is 0.121. The summed E-state index contributed by atoms with van der Waals surface area (Å²) in [6.07, 6.45) is 9.12. The zero-order chi connectivity index (χ0) is 27.8. The van der Waals surface area contributed by atoms with Crippen LogP contribution in [-0.2, 0) is 11.4 Å². The summed E-state index contributed by atoms with van der Waals surface area (Å²) in [6.45, 7) is 3.86. The normalized spacial score (nSPS) is 14.6. The highest BCUT2D eigenvalue weighted by molar-refractivity contribution is 7.98. The Morgan fingerprint density at radius 2 is 2.02 bits per heavy atom. The largest absolute Gasteiger partial charge is 0.439 e. The van der Waals surface area contributed by atoms with Crippen molar-refractivity contribution in [3.05, 3.63) is 100.0 Å². The van der Waals surface area contributed by atoms with Crippen molar-refractivity contribution < 1.29 is 19.0 Å². The second-order valence-corrected chi connectivity index (χ2v) is 10.9. The number of rotatable bonds is 9. The minimum Gasteiger partial charge on any atom is -0.439 e. The molecule has 0 bridgehead atoms. The number of anilines is 1. The van der Waals surface area contributed by atoms with Crippen LogP contribution in [0.2, 0.25) is 0 Å². The Morgan fingerprint density at radius 3 is 2.77 bits per heavy atom. The summed E-state index contributed by atoms with van der Waals surface area (Å²) in [7, 11) is 0. The molecule has 1 fully saturated rings. The number of benzene rings is 1. The highest BCUT2D eigenvalue weighted by Crippen LogP contribution is 2.34. The molecule has 0 atom stereocenters. The van der Waals surface area contributed by atoms with Gasteiger partial charge in [0.2, 0.25) is 11.7 Å². The quantitative estimate of drug-likeness (QED) is 0.172. The van der Waals surface area contributed by atoms with Crippen LogP contribution in [0.4, 0.5) is 10.3 Å². The van der Waals surface area contributed by atoms with Gasteiger partial charge in [-0.3, -0.25) is 9.74 Å². The summed E-state index contributed by atoms with van der Waals surface area (Å²) in [5, 5.41) is 4.90. The van der Waals surface area contributed by atoms with Crippen LogP contribution in [0.5, 0.6) is 11.6 Å². The maximum absolute atomic E-state index is 13.5. The number of carbonyl (C=O) groups excluding carboxylic acids is 1. The number of nitrogens with zero attached hydrogens (tertiary/aromatic N) is 3. The van der Waals surface area contributed by atoms with Gasteiger partial charge in [-0.25, -0.2) is 9.67 Å². The Morgan fingerprint density at radius 1 is 1.20 bits per heavy atom. The predicted molar refractivity (Wildman–Crippen MR) is 152 cm³/mol. The molecule has 0 unspecified atom stereocenters. The van der Waals surface area contributed by atoms with E-state index >= 15 is 0 Å². The van der Waals surface area contributed by atoms with Gasteiger partial charge in [-0.2, -0.15) is 5.10 Å². The molecule has 0 saturated heterocycles. The lowest BCUT2D eigenvalue weighted by molar-refractivity contribution is -0.0792. The number of aromatic nitrogens is 4. The van der Waals surface area contributed by atoms with E-state index in [2.05, 4.69) is 24.7 Å². The number of aryl methyl sites for hydroxylation is 2. The van der Waals surface area contributed by atoms with Crippen LogP contribution < -0.4 is 15.2 Å². The average Bonchev–Trinajstić information content (AvgIpc) is 3.62. The Bertz CT molecular complexity index is 1670. The summed E-state index contributed by atoms with van der Waals surface area (Å²) in [4.78, 5) is 25.2. The number of pyridine rings is 1. The summed E-state index contributed by atoms with van der Waals surface area (Å²) in [5.41, 5.74) is 11.5.